The highest BCUT2D eigenvalue weighted by atomic mass is 16.5. The topological polar surface area (TPSA) is 78.8 Å². The molecule has 24 heavy (non-hydrogen) atoms. The van der Waals surface area contributed by atoms with E-state index in [0.29, 0.717) is 0 Å². The predicted octanol–water partition coefficient (Wildman–Crippen LogP) is 2.77. The van der Waals surface area contributed by atoms with Gasteiger partial charge < -0.3 is 15.0 Å². The normalized spacial score (nSPS) is 17.2. The molecule has 6 heteroatoms. The molecule has 1 aromatic carbocycles. The van der Waals surface area contributed by atoms with Crippen LogP contribution in [0.1, 0.15) is 12.8 Å². The van der Waals surface area contributed by atoms with E-state index in [4.69, 9.17) is 10.5 Å². The fourth-order valence-corrected chi connectivity index (χ4v) is 3.05. The standard InChI is InChI=1S/C18H19N5O/c19-18-21-10-15(11-22-18)13-3-1-4-14(9-13)17-20-6-7-23(17)12-16-5-2-8-24-16/h1,3-4,6-7,9-11,16H,2,5,8,12H2,(H2,19,21,22). The van der Waals surface area contributed by atoms with Crippen molar-refractivity contribution in [2.75, 3.05) is 12.3 Å². The van der Waals surface area contributed by atoms with Crippen LogP contribution in [0.25, 0.3) is 22.5 Å². The average Bonchev–Trinajstić information content (AvgIpc) is 3.28. The first-order valence-electron chi connectivity index (χ1n) is 8.11. The smallest absolute Gasteiger partial charge is 0.219 e. The Labute approximate surface area is 140 Å². The van der Waals surface area contributed by atoms with Crippen LogP contribution in [0.2, 0.25) is 0 Å². The summed E-state index contributed by atoms with van der Waals surface area (Å²) in [6.07, 6.45) is 9.85. The van der Waals surface area contributed by atoms with E-state index < -0.39 is 0 Å². The number of ether oxygens (including phenoxy) is 1. The van der Waals surface area contributed by atoms with Crippen LogP contribution in [0.15, 0.2) is 49.1 Å². The van der Waals surface area contributed by atoms with Gasteiger partial charge in [0, 0.05) is 42.5 Å². The third-order valence-electron chi connectivity index (χ3n) is 4.27. The highest BCUT2D eigenvalue weighted by Gasteiger charge is 2.18. The fraction of sp³-hybridized carbons (Fsp3) is 0.278. The second kappa shape index (κ2) is 6.41. The Balaban J connectivity index is 1.64. The van der Waals surface area contributed by atoms with Crippen molar-refractivity contribution >= 4 is 5.95 Å². The number of nitrogen functional groups attached to an aromatic ring is 1. The summed E-state index contributed by atoms with van der Waals surface area (Å²) in [7, 11) is 0. The molecule has 0 spiro atoms. The molecule has 122 valence electrons. The zero-order valence-corrected chi connectivity index (χ0v) is 13.3. The first kappa shape index (κ1) is 14.8. The molecule has 1 aliphatic rings. The Bertz CT molecular complexity index is 821. The summed E-state index contributed by atoms with van der Waals surface area (Å²) in [5.41, 5.74) is 8.60. The second-order valence-electron chi connectivity index (χ2n) is 5.95. The number of aromatic nitrogens is 4. The Morgan fingerprint density at radius 1 is 1.12 bits per heavy atom. The first-order valence-corrected chi connectivity index (χ1v) is 8.11. The molecule has 0 aliphatic carbocycles. The monoisotopic (exact) mass is 321 g/mol. The van der Waals surface area contributed by atoms with E-state index in [1.54, 1.807) is 12.4 Å². The van der Waals surface area contributed by atoms with E-state index in [0.717, 1.165) is 48.5 Å². The van der Waals surface area contributed by atoms with E-state index >= 15 is 0 Å². The van der Waals surface area contributed by atoms with Crippen LogP contribution < -0.4 is 5.73 Å². The van der Waals surface area contributed by atoms with E-state index in [1.165, 1.54) is 0 Å². The summed E-state index contributed by atoms with van der Waals surface area (Å²) in [6.45, 7) is 1.70. The molecule has 0 amide bonds. The summed E-state index contributed by atoms with van der Waals surface area (Å²) >= 11 is 0. The van der Waals surface area contributed by atoms with Crippen molar-refractivity contribution in [2.24, 2.45) is 0 Å². The first-order chi connectivity index (χ1) is 11.8. The van der Waals surface area contributed by atoms with Crippen molar-refractivity contribution < 1.29 is 4.74 Å². The van der Waals surface area contributed by atoms with Gasteiger partial charge in [-0.25, -0.2) is 15.0 Å². The summed E-state index contributed by atoms with van der Waals surface area (Å²) in [5.74, 6) is 1.23. The van der Waals surface area contributed by atoms with E-state index in [2.05, 4.69) is 31.7 Å². The number of nitrogens with two attached hydrogens (primary N) is 1. The number of imidazole rings is 1. The lowest BCUT2D eigenvalue weighted by Gasteiger charge is -2.13. The van der Waals surface area contributed by atoms with Crippen molar-refractivity contribution in [1.82, 2.24) is 19.5 Å². The number of hydrogen-bond acceptors (Lipinski definition) is 5. The summed E-state index contributed by atoms with van der Waals surface area (Å²) in [4.78, 5) is 12.7. The van der Waals surface area contributed by atoms with Crippen LogP contribution in [-0.4, -0.2) is 32.2 Å². The molecule has 1 atom stereocenters. The molecule has 0 saturated carbocycles. The zero-order valence-electron chi connectivity index (χ0n) is 13.3. The molecule has 4 rings (SSSR count). The minimum atomic E-state index is 0.280. The van der Waals surface area contributed by atoms with Gasteiger partial charge in [0.2, 0.25) is 5.95 Å². The molecule has 2 N–H and O–H groups in total. The highest BCUT2D eigenvalue weighted by molar-refractivity contribution is 5.69. The maximum atomic E-state index is 5.74. The SMILES string of the molecule is Nc1ncc(-c2cccc(-c3nccn3CC3CCCO3)c2)cn1. The van der Waals surface area contributed by atoms with Gasteiger partial charge in [-0.1, -0.05) is 18.2 Å². The third kappa shape index (κ3) is 3.00. The number of rotatable bonds is 4. The van der Waals surface area contributed by atoms with Crippen LogP contribution >= 0.6 is 0 Å². The van der Waals surface area contributed by atoms with Gasteiger partial charge >= 0.3 is 0 Å². The van der Waals surface area contributed by atoms with Crippen LogP contribution in [0, 0.1) is 0 Å². The van der Waals surface area contributed by atoms with Crippen LogP contribution in [0.5, 0.6) is 0 Å². The lowest BCUT2D eigenvalue weighted by atomic mass is 10.1. The van der Waals surface area contributed by atoms with Crippen molar-refractivity contribution in [3.8, 4) is 22.5 Å². The van der Waals surface area contributed by atoms with E-state index in [9.17, 15) is 0 Å². The Hall–Kier alpha value is -2.73. The summed E-state index contributed by atoms with van der Waals surface area (Å²) < 4.78 is 7.91. The van der Waals surface area contributed by atoms with Crippen molar-refractivity contribution in [3.05, 3.63) is 49.1 Å². The van der Waals surface area contributed by atoms with Gasteiger partial charge in [-0.15, -0.1) is 0 Å². The summed E-state index contributed by atoms with van der Waals surface area (Å²) in [5, 5.41) is 0. The Morgan fingerprint density at radius 2 is 1.96 bits per heavy atom. The summed E-state index contributed by atoms with van der Waals surface area (Å²) in [6, 6.07) is 8.22. The van der Waals surface area contributed by atoms with E-state index in [-0.39, 0.29) is 12.1 Å². The number of nitrogens with zero attached hydrogens (tertiary/aromatic N) is 4. The molecule has 0 radical (unpaired) electrons. The van der Waals surface area contributed by atoms with Crippen molar-refractivity contribution in [3.63, 3.8) is 0 Å². The lowest BCUT2D eigenvalue weighted by Crippen LogP contribution is -2.15. The van der Waals surface area contributed by atoms with Gasteiger partial charge in [0.05, 0.1) is 12.6 Å². The minimum absolute atomic E-state index is 0.280. The molecule has 1 unspecified atom stereocenters. The molecule has 1 aliphatic heterocycles. The molecule has 1 saturated heterocycles. The van der Waals surface area contributed by atoms with Crippen molar-refractivity contribution in [2.45, 2.75) is 25.5 Å². The Kier molecular flexibility index (Phi) is 3.96. The zero-order chi connectivity index (χ0) is 16.4. The van der Waals surface area contributed by atoms with Gasteiger partial charge in [-0.2, -0.15) is 0 Å². The third-order valence-corrected chi connectivity index (χ3v) is 4.27. The molecule has 0 bridgehead atoms. The minimum Gasteiger partial charge on any atom is -0.376 e. The van der Waals surface area contributed by atoms with Gasteiger partial charge in [-0.05, 0) is 24.5 Å². The molecule has 2 aromatic heterocycles. The molecule has 3 heterocycles. The van der Waals surface area contributed by atoms with Crippen LogP contribution in [-0.2, 0) is 11.3 Å². The molecule has 3 aromatic rings. The lowest BCUT2D eigenvalue weighted by molar-refractivity contribution is 0.0974. The van der Waals surface area contributed by atoms with Crippen LogP contribution in [0.3, 0.4) is 0 Å². The number of hydrogen-bond donors (Lipinski definition) is 1. The quantitative estimate of drug-likeness (QED) is 0.799. The molecule has 6 nitrogen and oxygen atoms in total. The van der Waals surface area contributed by atoms with Crippen LogP contribution in [0.4, 0.5) is 5.95 Å². The Morgan fingerprint density at radius 3 is 2.75 bits per heavy atom. The number of benzene rings is 1. The second-order valence-corrected chi connectivity index (χ2v) is 5.95. The average molecular weight is 321 g/mol. The molecular weight excluding hydrogens is 302 g/mol. The maximum Gasteiger partial charge on any atom is 0.219 e. The fourth-order valence-electron chi connectivity index (χ4n) is 3.05. The van der Waals surface area contributed by atoms with Crippen molar-refractivity contribution in [1.29, 1.82) is 0 Å². The van der Waals surface area contributed by atoms with Gasteiger partial charge in [0.25, 0.3) is 0 Å². The van der Waals surface area contributed by atoms with E-state index in [1.807, 2.05) is 24.5 Å². The largest absolute Gasteiger partial charge is 0.376 e. The number of anilines is 1. The highest BCUT2D eigenvalue weighted by Crippen LogP contribution is 2.26. The predicted molar refractivity (Wildman–Crippen MR) is 92.1 cm³/mol. The molecular formula is C18H19N5O. The van der Waals surface area contributed by atoms with Gasteiger partial charge in [0.1, 0.15) is 5.82 Å². The maximum absolute atomic E-state index is 5.74. The van der Waals surface area contributed by atoms with Gasteiger partial charge in [0.15, 0.2) is 0 Å². The van der Waals surface area contributed by atoms with Gasteiger partial charge in [-0.3, -0.25) is 0 Å². The molecule has 1 fully saturated rings.